The number of aromatic nitrogens is 1. The number of hydrogen-bond donors (Lipinski definition) is 1. The van der Waals surface area contributed by atoms with E-state index in [1.165, 1.54) is 0 Å². The van der Waals surface area contributed by atoms with Crippen LogP contribution in [0, 0.1) is 6.92 Å². The van der Waals surface area contributed by atoms with Crippen LogP contribution in [0.1, 0.15) is 16.4 Å². The number of nitrogens with zero attached hydrogens (tertiary/aromatic N) is 3. The average molecular weight is 238 g/mol. The standard InChI is InChI=1S/C11H18N4O2/c1-9-8-13-10(17-9)11(16)15-6-4-14(3-2-12)5-7-15/h8H,2-7,12H2,1H3. The second-order valence-electron chi connectivity index (χ2n) is 4.20. The molecule has 2 N–H and O–H groups in total. The van der Waals surface area contributed by atoms with Gasteiger partial charge in [-0.2, -0.15) is 0 Å². The summed E-state index contributed by atoms with van der Waals surface area (Å²) in [4.78, 5) is 20.0. The van der Waals surface area contributed by atoms with E-state index in [4.69, 9.17) is 10.2 Å². The normalized spacial score (nSPS) is 17.4. The number of nitrogens with two attached hydrogens (primary N) is 1. The van der Waals surface area contributed by atoms with Crippen molar-refractivity contribution in [3.05, 3.63) is 17.8 Å². The zero-order valence-electron chi connectivity index (χ0n) is 10.1. The van der Waals surface area contributed by atoms with Crippen molar-refractivity contribution in [3.63, 3.8) is 0 Å². The Morgan fingerprint density at radius 2 is 2.18 bits per heavy atom. The van der Waals surface area contributed by atoms with Crippen LogP contribution in [0.25, 0.3) is 0 Å². The second kappa shape index (κ2) is 5.29. The Labute approximate surface area is 100 Å². The first-order valence-corrected chi connectivity index (χ1v) is 5.85. The fourth-order valence-electron chi connectivity index (χ4n) is 1.95. The van der Waals surface area contributed by atoms with Gasteiger partial charge >= 0.3 is 5.91 Å². The molecule has 2 rings (SSSR count). The van der Waals surface area contributed by atoms with E-state index in [2.05, 4.69) is 9.88 Å². The Hall–Kier alpha value is -1.40. The lowest BCUT2D eigenvalue weighted by atomic mass is 10.3. The van der Waals surface area contributed by atoms with Crippen LogP contribution >= 0.6 is 0 Å². The number of carbonyl (C=O) groups is 1. The molecule has 0 saturated carbocycles. The van der Waals surface area contributed by atoms with Gasteiger partial charge < -0.3 is 15.1 Å². The molecule has 0 unspecified atom stereocenters. The molecule has 0 atom stereocenters. The number of piperazine rings is 1. The van der Waals surface area contributed by atoms with Gasteiger partial charge in [0.25, 0.3) is 5.89 Å². The van der Waals surface area contributed by atoms with Crippen molar-refractivity contribution >= 4 is 5.91 Å². The van der Waals surface area contributed by atoms with E-state index < -0.39 is 0 Å². The van der Waals surface area contributed by atoms with Crippen molar-refractivity contribution in [2.75, 3.05) is 39.3 Å². The van der Waals surface area contributed by atoms with Gasteiger partial charge in [-0.1, -0.05) is 0 Å². The highest BCUT2D eigenvalue weighted by Crippen LogP contribution is 2.08. The molecule has 1 aliphatic heterocycles. The molecule has 0 spiro atoms. The predicted molar refractivity (Wildman–Crippen MR) is 62.6 cm³/mol. The maximum Gasteiger partial charge on any atom is 0.309 e. The van der Waals surface area contributed by atoms with E-state index in [9.17, 15) is 4.79 Å². The van der Waals surface area contributed by atoms with Crippen molar-refractivity contribution in [3.8, 4) is 0 Å². The van der Waals surface area contributed by atoms with E-state index in [1.807, 2.05) is 0 Å². The van der Waals surface area contributed by atoms with E-state index in [0.717, 1.165) is 19.6 Å². The Bertz CT molecular complexity index is 383. The molecule has 1 aromatic heterocycles. The van der Waals surface area contributed by atoms with Crippen LogP contribution in [0.2, 0.25) is 0 Å². The maximum atomic E-state index is 12.0. The molecule has 1 amide bonds. The maximum absolute atomic E-state index is 12.0. The van der Waals surface area contributed by atoms with Crippen molar-refractivity contribution in [2.45, 2.75) is 6.92 Å². The van der Waals surface area contributed by atoms with E-state index in [-0.39, 0.29) is 11.8 Å². The number of oxazole rings is 1. The summed E-state index contributed by atoms with van der Waals surface area (Å²) in [6, 6.07) is 0. The molecule has 1 saturated heterocycles. The van der Waals surface area contributed by atoms with Crippen LogP contribution in [0.15, 0.2) is 10.6 Å². The fourth-order valence-corrected chi connectivity index (χ4v) is 1.95. The van der Waals surface area contributed by atoms with Gasteiger partial charge in [0.15, 0.2) is 0 Å². The molecule has 1 fully saturated rings. The SMILES string of the molecule is Cc1cnc(C(=O)N2CCN(CCN)CC2)o1. The zero-order chi connectivity index (χ0) is 12.3. The first-order valence-electron chi connectivity index (χ1n) is 5.85. The van der Waals surface area contributed by atoms with Gasteiger partial charge in [0, 0.05) is 39.3 Å². The Morgan fingerprint density at radius 1 is 1.47 bits per heavy atom. The number of aryl methyl sites for hydroxylation is 1. The minimum Gasteiger partial charge on any atom is -0.438 e. The molecule has 2 heterocycles. The molecule has 0 radical (unpaired) electrons. The van der Waals surface area contributed by atoms with Gasteiger partial charge in [-0.15, -0.1) is 0 Å². The monoisotopic (exact) mass is 238 g/mol. The average Bonchev–Trinajstić information content (AvgIpc) is 2.76. The lowest BCUT2D eigenvalue weighted by Crippen LogP contribution is -2.49. The highest BCUT2D eigenvalue weighted by molar-refractivity contribution is 5.89. The van der Waals surface area contributed by atoms with Crippen molar-refractivity contribution in [2.24, 2.45) is 5.73 Å². The molecule has 1 aromatic rings. The molecule has 94 valence electrons. The van der Waals surface area contributed by atoms with Gasteiger partial charge in [-0.3, -0.25) is 9.69 Å². The first-order chi connectivity index (χ1) is 8.20. The van der Waals surface area contributed by atoms with Crippen molar-refractivity contribution in [1.29, 1.82) is 0 Å². The fraction of sp³-hybridized carbons (Fsp3) is 0.636. The summed E-state index contributed by atoms with van der Waals surface area (Å²) in [5.74, 6) is 0.732. The van der Waals surface area contributed by atoms with E-state index in [0.29, 0.717) is 25.4 Å². The smallest absolute Gasteiger partial charge is 0.309 e. The molecule has 6 nitrogen and oxygen atoms in total. The highest BCUT2D eigenvalue weighted by atomic mass is 16.4. The van der Waals surface area contributed by atoms with Crippen molar-refractivity contribution in [1.82, 2.24) is 14.8 Å². The van der Waals surface area contributed by atoms with Crippen LogP contribution in [-0.4, -0.2) is 60.0 Å². The van der Waals surface area contributed by atoms with Crippen LogP contribution in [0.4, 0.5) is 0 Å². The Kier molecular flexibility index (Phi) is 3.75. The van der Waals surface area contributed by atoms with Crippen LogP contribution in [-0.2, 0) is 0 Å². The summed E-state index contributed by atoms with van der Waals surface area (Å²) in [6.07, 6.45) is 1.57. The van der Waals surface area contributed by atoms with Gasteiger partial charge in [-0.05, 0) is 6.92 Å². The number of amides is 1. The van der Waals surface area contributed by atoms with Crippen LogP contribution in [0.5, 0.6) is 0 Å². The minimum atomic E-state index is -0.120. The molecule has 17 heavy (non-hydrogen) atoms. The third kappa shape index (κ3) is 2.83. The Morgan fingerprint density at radius 3 is 2.71 bits per heavy atom. The van der Waals surface area contributed by atoms with Gasteiger partial charge in [0.1, 0.15) is 5.76 Å². The van der Waals surface area contributed by atoms with E-state index in [1.54, 1.807) is 18.0 Å². The molecule has 0 aromatic carbocycles. The quantitative estimate of drug-likeness (QED) is 0.782. The summed E-state index contributed by atoms with van der Waals surface area (Å²) < 4.78 is 5.24. The summed E-state index contributed by atoms with van der Waals surface area (Å²) in [5, 5.41) is 0. The summed E-state index contributed by atoms with van der Waals surface area (Å²) >= 11 is 0. The molecule has 6 heteroatoms. The number of hydrogen-bond acceptors (Lipinski definition) is 5. The molecular formula is C11H18N4O2. The Balaban J connectivity index is 1.90. The van der Waals surface area contributed by atoms with Gasteiger partial charge in [0.05, 0.1) is 6.20 Å². The number of rotatable bonds is 3. The molecule has 0 aliphatic carbocycles. The van der Waals surface area contributed by atoms with Gasteiger partial charge in [-0.25, -0.2) is 4.98 Å². The van der Waals surface area contributed by atoms with Crippen molar-refractivity contribution < 1.29 is 9.21 Å². The lowest BCUT2D eigenvalue weighted by molar-refractivity contribution is 0.0601. The third-order valence-electron chi connectivity index (χ3n) is 2.91. The molecule has 0 bridgehead atoms. The van der Waals surface area contributed by atoms with Gasteiger partial charge in [0.2, 0.25) is 0 Å². The topological polar surface area (TPSA) is 75.6 Å². The third-order valence-corrected chi connectivity index (χ3v) is 2.91. The molecular weight excluding hydrogens is 220 g/mol. The summed E-state index contributed by atoms with van der Waals surface area (Å²) in [6.45, 7) is 6.47. The first kappa shape index (κ1) is 12.1. The summed E-state index contributed by atoms with van der Waals surface area (Å²) in [5.41, 5.74) is 5.50. The highest BCUT2D eigenvalue weighted by Gasteiger charge is 2.24. The van der Waals surface area contributed by atoms with Crippen LogP contribution < -0.4 is 5.73 Å². The lowest BCUT2D eigenvalue weighted by Gasteiger charge is -2.33. The summed E-state index contributed by atoms with van der Waals surface area (Å²) in [7, 11) is 0. The minimum absolute atomic E-state index is 0.120. The number of carbonyl (C=O) groups excluding carboxylic acids is 1. The van der Waals surface area contributed by atoms with E-state index >= 15 is 0 Å². The molecule has 1 aliphatic rings. The van der Waals surface area contributed by atoms with Crippen LogP contribution in [0.3, 0.4) is 0 Å². The zero-order valence-corrected chi connectivity index (χ0v) is 10.1. The predicted octanol–water partition coefficient (Wildman–Crippen LogP) is -0.300. The largest absolute Gasteiger partial charge is 0.438 e. The second-order valence-corrected chi connectivity index (χ2v) is 4.20.